The molecule has 0 radical (unpaired) electrons. The van der Waals surface area contributed by atoms with Crippen LogP contribution in [-0.4, -0.2) is 24.7 Å². The van der Waals surface area contributed by atoms with Crippen LogP contribution < -0.4 is 10.5 Å². The van der Waals surface area contributed by atoms with Gasteiger partial charge in [-0.2, -0.15) is 5.10 Å². The van der Waals surface area contributed by atoms with Crippen LogP contribution in [0, 0.1) is 6.92 Å². The van der Waals surface area contributed by atoms with Gasteiger partial charge in [0.25, 0.3) is 0 Å². The summed E-state index contributed by atoms with van der Waals surface area (Å²) in [6, 6.07) is 2.72. The molecule has 0 saturated heterocycles. The Hall–Kier alpha value is -1.28. The Labute approximate surface area is 132 Å². The van der Waals surface area contributed by atoms with Crippen molar-refractivity contribution in [3.05, 3.63) is 40.1 Å². The zero-order valence-electron chi connectivity index (χ0n) is 11.2. The molecule has 0 aliphatic rings. The number of nitrogens with two attached hydrogens (primary N) is 1. The van der Waals surface area contributed by atoms with Crippen LogP contribution in [0.1, 0.15) is 5.56 Å². The summed E-state index contributed by atoms with van der Waals surface area (Å²) in [5.41, 5.74) is 6.68. The predicted octanol–water partition coefficient (Wildman–Crippen LogP) is 2.06. The number of aromatic nitrogens is 2. The van der Waals surface area contributed by atoms with E-state index in [4.69, 9.17) is 28.9 Å². The summed E-state index contributed by atoms with van der Waals surface area (Å²) in [6.45, 7) is 2.50. The Morgan fingerprint density at radius 1 is 1.38 bits per heavy atom. The Morgan fingerprint density at radius 3 is 2.71 bits per heavy atom. The van der Waals surface area contributed by atoms with Crippen LogP contribution in [0.2, 0.25) is 10.0 Å². The molecule has 0 aliphatic carbocycles. The number of nitrogens with one attached hydrogen (secondary N) is 1. The molecule has 0 saturated carbocycles. The van der Waals surface area contributed by atoms with Gasteiger partial charge in [0.05, 0.1) is 28.5 Å². The summed E-state index contributed by atoms with van der Waals surface area (Å²) in [5, 5.41) is 4.20. The summed E-state index contributed by atoms with van der Waals surface area (Å²) < 4.78 is 28.5. The number of rotatable bonds is 5. The highest BCUT2D eigenvalue weighted by atomic mass is 35.5. The largest absolute Gasteiger partial charge is 0.396 e. The highest BCUT2D eigenvalue weighted by molar-refractivity contribution is 7.89. The van der Waals surface area contributed by atoms with Crippen molar-refractivity contribution in [1.29, 1.82) is 0 Å². The van der Waals surface area contributed by atoms with Gasteiger partial charge in [0.1, 0.15) is 4.90 Å². The van der Waals surface area contributed by atoms with Crippen molar-refractivity contribution in [1.82, 2.24) is 14.5 Å². The fourth-order valence-electron chi connectivity index (χ4n) is 1.72. The van der Waals surface area contributed by atoms with E-state index in [1.165, 1.54) is 12.1 Å². The van der Waals surface area contributed by atoms with Gasteiger partial charge in [-0.15, -0.1) is 0 Å². The molecule has 9 heteroatoms. The third kappa shape index (κ3) is 3.68. The molecule has 0 unspecified atom stereocenters. The van der Waals surface area contributed by atoms with E-state index in [1.807, 2.05) is 13.1 Å². The molecule has 21 heavy (non-hydrogen) atoms. The summed E-state index contributed by atoms with van der Waals surface area (Å²) >= 11 is 11.7. The van der Waals surface area contributed by atoms with E-state index in [-0.39, 0.29) is 27.2 Å². The molecule has 0 bridgehead atoms. The number of anilines is 1. The van der Waals surface area contributed by atoms with Crippen molar-refractivity contribution in [3.63, 3.8) is 0 Å². The minimum Gasteiger partial charge on any atom is -0.396 e. The number of nitrogens with zero attached hydrogens (tertiary/aromatic N) is 2. The molecule has 0 aliphatic heterocycles. The van der Waals surface area contributed by atoms with Gasteiger partial charge < -0.3 is 5.73 Å². The third-order valence-electron chi connectivity index (χ3n) is 2.78. The lowest BCUT2D eigenvalue weighted by Crippen LogP contribution is -2.28. The van der Waals surface area contributed by atoms with Gasteiger partial charge in [-0.25, -0.2) is 13.1 Å². The first-order valence-corrected chi connectivity index (χ1v) is 8.27. The fourth-order valence-corrected chi connectivity index (χ4v) is 3.50. The van der Waals surface area contributed by atoms with Crippen molar-refractivity contribution >= 4 is 38.9 Å². The van der Waals surface area contributed by atoms with Gasteiger partial charge in [0, 0.05) is 12.7 Å². The fraction of sp³-hybridized carbons (Fsp3) is 0.250. The highest BCUT2D eigenvalue weighted by Gasteiger charge is 2.20. The first kappa shape index (κ1) is 16.1. The molecular formula is C12H14Cl2N4O2S. The maximum absolute atomic E-state index is 12.2. The summed E-state index contributed by atoms with van der Waals surface area (Å²) in [4.78, 5) is -0.0947. The molecule has 0 atom stereocenters. The quantitative estimate of drug-likeness (QED) is 0.809. The molecular weight excluding hydrogens is 335 g/mol. The Morgan fingerprint density at radius 2 is 2.10 bits per heavy atom. The molecule has 1 aromatic carbocycles. The molecule has 2 aromatic rings. The number of hydrogen-bond donors (Lipinski definition) is 2. The van der Waals surface area contributed by atoms with Crippen LogP contribution in [0.25, 0.3) is 0 Å². The van der Waals surface area contributed by atoms with Crippen molar-refractivity contribution in [2.24, 2.45) is 0 Å². The van der Waals surface area contributed by atoms with Gasteiger partial charge in [-0.3, -0.25) is 4.68 Å². The summed E-state index contributed by atoms with van der Waals surface area (Å²) in [6.07, 6.45) is 3.52. The van der Waals surface area contributed by atoms with E-state index >= 15 is 0 Å². The second-order valence-corrected chi connectivity index (χ2v) is 6.97. The molecule has 114 valence electrons. The molecule has 1 aromatic heterocycles. The minimum atomic E-state index is -3.76. The maximum atomic E-state index is 12.2. The van der Waals surface area contributed by atoms with Crippen LogP contribution in [0.15, 0.2) is 29.4 Å². The number of nitrogen functional groups attached to an aromatic ring is 1. The molecule has 2 rings (SSSR count). The lowest BCUT2D eigenvalue weighted by molar-refractivity contribution is 0.561. The van der Waals surface area contributed by atoms with Crippen LogP contribution >= 0.6 is 23.2 Å². The van der Waals surface area contributed by atoms with Crippen molar-refractivity contribution in [2.45, 2.75) is 18.4 Å². The lowest BCUT2D eigenvalue weighted by atomic mass is 10.3. The predicted molar refractivity (Wildman–Crippen MR) is 83.0 cm³/mol. The summed E-state index contributed by atoms with van der Waals surface area (Å²) in [7, 11) is -3.76. The van der Waals surface area contributed by atoms with Crippen LogP contribution in [0.4, 0.5) is 5.69 Å². The van der Waals surface area contributed by atoms with Gasteiger partial charge in [0.2, 0.25) is 10.0 Å². The average molecular weight is 349 g/mol. The van der Waals surface area contributed by atoms with E-state index in [1.54, 1.807) is 10.9 Å². The van der Waals surface area contributed by atoms with Crippen LogP contribution in [0.5, 0.6) is 0 Å². The standard InChI is InChI=1S/C12H14Cl2N4O2S/c1-8-6-16-18(7-8)5-4-17-21(19,20)10-3-2-9(13)12(15)11(10)14/h2-3,6-7,17H,4-5,15H2,1H3. The molecule has 0 amide bonds. The van der Waals surface area contributed by atoms with Crippen molar-refractivity contribution in [2.75, 3.05) is 12.3 Å². The van der Waals surface area contributed by atoms with Crippen LogP contribution in [-0.2, 0) is 16.6 Å². The highest BCUT2D eigenvalue weighted by Crippen LogP contribution is 2.32. The molecule has 3 N–H and O–H groups in total. The molecule has 6 nitrogen and oxygen atoms in total. The number of hydrogen-bond acceptors (Lipinski definition) is 4. The number of benzene rings is 1. The number of aryl methyl sites for hydroxylation is 1. The monoisotopic (exact) mass is 348 g/mol. The van der Waals surface area contributed by atoms with Crippen LogP contribution in [0.3, 0.4) is 0 Å². The zero-order valence-corrected chi connectivity index (χ0v) is 13.5. The molecule has 1 heterocycles. The van der Waals surface area contributed by atoms with Gasteiger partial charge in [-0.1, -0.05) is 23.2 Å². The Kier molecular flexibility index (Phi) is 4.77. The van der Waals surface area contributed by atoms with E-state index in [0.29, 0.717) is 6.54 Å². The maximum Gasteiger partial charge on any atom is 0.242 e. The second-order valence-electron chi connectivity index (χ2n) is 4.45. The van der Waals surface area contributed by atoms with Crippen molar-refractivity contribution < 1.29 is 8.42 Å². The number of halogens is 2. The van der Waals surface area contributed by atoms with Gasteiger partial charge in [-0.05, 0) is 24.6 Å². The number of sulfonamides is 1. The van der Waals surface area contributed by atoms with E-state index in [9.17, 15) is 8.42 Å². The normalized spacial score (nSPS) is 11.8. The van der Waals surface area contributed by atoms with Crippen molar-refractivity contribution in [3.8, 4) is 0 Å². The molecule has 0 spiro atoms. The zero-order chi connectivity index (χ0) is 15.6. The lowest BCUT2D eigenvalue weighted by Gasteiger charge is -2.10. The Balaban J connectivity index is 2.10. The third-order valence-corrected chi connectivity index (χ3v) is 5.13. The van der Waals surface area contributed by atoms with Gasteiger partial charge >= 0.3 is 0 Å². The topological polar surface area (TPSA) is 90.0 Å². The van der Waals surface area contributed by atoms with E-state index < -0.39 is 10.0 Å². The first-order chi connectivity index (χ1) is 9.81. The summed E-state index contributed by atoms with van der Waals surface area (Å²) in [5.74, 6) is 0. The van der Waals surface area contributed by atoms with Gasteiger partial charge in [0.15, 0.2) is 0 Å². The first-order valence-electron chi connectivity index (χ1n) is 6.03. The smallest absolute Gasteiger partial charge is 0.242 e. The van der Waals surface area contributed by atoms with E-state index in [0.717, 1.165) is 5.56 Å². The Bertz CT molecular complexity index is 759. The minimum absolute atomic E-state index is 0.0453. The van der Waals surface area contributed by atoms with E-state index in [2.05, 4.69) is 9.82 Å². The second kappa shape index (κ2) is 6.23. The average Bonchev–Trinajstić information content (AvgIpc) is 2.81. The molecule has 0 fully saturated rings. The SMILES string of the molecule is Cc1cnn(CCNS(=O)(=O)c2ccc(Cl)c(N)c2Cl)c1.